The van der Waals surface area contributed by atoms with Crippen LogP contribution in [0.2, 0.25) is 0 Å². The average molecular weight is 346 g/mol. The molecule has 0 saturated heterocycles. The maximum Gasteiger partial charge on any atom is 0.255 e. The second-order valence-corrected chi connectivity index (χ2v) is 6.33. The molecule has 1 amide bonds. The van der Waals surface area contributed by atoms with E-state index in [1.807, 2.05) is 98.7 Å². The number of nitrogens with zero attached hydrogens (tertiary/aromatic N) is 1. The fraction of sp³-hybridized carbons (Fsp3) is 0.136. The highest BCUT2D eigenvalue weighted by Gasteiger charge is 2.07. The van der Waals surface area contributed by atoms with Crippen LogP contribution in [-0.2, 0) is 0 Å². The van der Waals surface area contributed by atoms with Crippen LogP contribution in [0.4, 0.5) is 11.4 Å². The van der Waals surface area contributed by atoms with Crippen LogP contribution in [-0.4, -0.2) is 20.0 Å². The van der Waals surface area contributed by atoms with Gasteiger partial charge in [-0.15, -0.1) is 0 Å². The Morgan fingerprint density at radius 1 is 0.808 bits per heavy atom. The van der Waals surface area contributed by atoms with E-state index in [0.717, 1.165) is 22.9 Å². The second kappa shape index (κ2) is 7.74. The summed E-state index contributed by atoms with van der Waals surface area (Å²) in [4.78, 5) is 14.3. The van der Waals surface area contributed by atoms with E-state index >= 15 is 0 Å². The van der Waals surface area contributed by atoms with Crippen molar-refractivity contribution in [2.75, 3.05) is 24.3 Å². The lowest BCUT2D eigenvalue weighted by Gasteiger charge is -2.12. The minimum absolute atomic E-state index is 0.137. The van der Waals surface area contributed by atoms with Crippen LogP contribution >= 0.6 is 0 Å². The SMILES string of the molecule is Cc1ccc(Oc2ccc(NC(=O)c3ccc(N(C)C)cc3)cc2)cc1. The summed E-state index contributed by atoms with van der Waals surface area (Å²) in [7, 11) is 3.94. The largest absolute Gasteiger partial charge is 0.457 e. The van der Waals surface area contributed by atoms with E-state index in [1.165, 1.54) is 5.56 Å². The zero-order valence-corrected chi connectivity index (χ0v) is 15.2. The van der Waals surface area contributed by atoms with Gasteiger partial charge in [0.25, 0.3) is 5.91 Å². The molecule has 0 saturated carbocycles. The molecular weight excluding hydrogens is 324 g/mol. The zero-order valence-electron chi connectivity index (χ0n) is 15.2. The zero-order chi connectivity index (χ0) is 18.5. The Balaban J connectivity index is 1.63. The molecule has 3 aromatic carbocycles. The third-order valence-electron chi connectivity index (χ3n) is 4.01. The minimum Gasteiger partial charge on any atom is -0.457 e. The van der Waals surface area contributed by atoms with Crippen LogP contribution in [0.5, 0.6) is 11.5 Å². The molecule has 1 N–H and O–H groups in total. The van der Waals surface area contributed by atoms with E-state index in [2.05, 4.69) is 5.32 Å². The van der Waals surface area contributed by atoms with Crippen LogP contribution < -0.4 is 15.0 Å². The molecule has 4 heteroatoms. The number of rotatable bonds is 5. The first kappa shape index (κ1) is 17.5. The number of nitrogens with one attached hydrogen (secondary N) is 1. The summed E-state index contributed by atoms with van der Waals surface area (Å²) in [5.74, 6) is 1.37. The third kappa shape index (κ3) is 4.42. The lowest BCUT2D eigenvalue weighted by Crippen LogP contribution is -2.13. The quantitative estimate of drug-likeness (QED) is 0.698. The predicted molar refractivity (Wildman–Crippen MR) is 106 cm³/mol. The number of carbonyl (C=O) groups excluding carboxylic acids is 1. The summed E-state index contributed by atoms with van der Waals surface area (Å²) in [5.41, 5.74) is 3.59. The maximum absolute atomic E-state index is 12.3. The molecule has 0 radical (unpaired) electrons. The Bertz CT molecular complexity index is 868. The molecule has 132 valence electrons. The van der Waals surface area contributed by atoms with Crippen LogP contribution in [0, 0.1) is 6.92 Å². The Labute approximate surface area is 154 Å². The molecule has 0 atom stereocenters. The number of hydrogen-bond acceptors (Lipinski definition) is 3. The summed E-state index contributed by atoms with van der Waals surface area (Å²) < 4.78 is 5.80. The second-order valence-electron chi connectivity index (χ2n) is 6.33. The van der Waals surface area contributed by atoms with Crippen molar-refractivity contribution in [2.45, 2.75) is 6.92 Å². The van der Waals surface area contributed by atoms with Gasteiger partial charge in [-0.1, -0.05) is 17.7 Å². The molecule has 0 heterocycles. The smallest absolute Gasteiger partial charge is 0.255 e. The standard InChI is InChI=1S/C22H22N2O2/c1-16-4-12-20(13-5-16)26-21-14-8-18(9-15-21)23-22(25)17-6-10-19(11-7-17)24(2)3/h4-15H,1-3H3,(H,23,25). The van der Waals surface area contributed by atoms with Crippen LogP contribution in [0.15, 0.2) is 72.8 Å². The highest BCUT2D eigenvalue weighted by Crippen LogP contribution is 2.23. The van der Waals surface area contributed by atoms with Gasteiger partial charge in [0.15, 0.2) is 0 Å². The van der Waals surface area contributed by atoms with Crippen molar-refractivity contribution < 1.29 is 9.53 Å². The van der Waals surface area contributed by atoms with Gasteiger partial charge in [0.2, 0.25) is 0 Å². The van der Waals surface area contributed by atoms with Gasteiger partial charge in [-0.25, -0.2) is 0 Å². The molecule has 0 aromatic heterocycles. The number of amides is 1. The maximum atomic E-state index is 12.3. The number of ether oxygens (including phenoxy) is 1. The van der Waals surface area contributed by atoms with E-state index in [9.17, 15) is 4.79 Å². The summed E-state index contributed by atoms with van der Waals surface area (Å²) in [6.07, 6.45) is 0. The van der Waals surface area contributed by atoms with Crippen LogP contribution in [0.25, 0.3) is 0 Å². The van der Waals surface area contributed by atoms with Gasteiger partial charge in [0, 0.05) is 31.0 Å². The Hall–Kier alpha value is -3.27. The first-order chi connectivity index (χ1) is 12.5. The Kier molecular flexibility index (Phi) is 5.23. The summed E-state index contributed by atoms with van der Waals surface area (Å²) in [6.45, 7) is 2.04. The molecular formula is C22H22N2O2. The molecule has 0 fully saturated rings. The molecule has 3 aromatic rings. The molecule has 3 rings (SSSR count). The normalized spacial score (nSPS) is 10.3. The van der Waals surface area contributed by atoms with Gasteiger partial charge < -0.3 is 15.0 Å². The van der Waals surface area contributed by atoms with Gasteiger partial charge in [0.05, 0.1) is 0 Å². The molecule has 0 aliphatic carbocycles. The summed E-state index contributed by atoms with van der Waals surface area (Å²) in [6, 6.07) is 22.7. The molecule has 0 aliphatic heterocycles. The van der Waals surface area contributed by atoms with Crippen molar-refractivity contribution in [3.8, 4) is 11.5 Å². The third-order valence-corrected chi connectivity index (χ3v) is 4.01. The fourth-order valence-corrected chi connectivity index (χ4v) is 2.46. The highest BCUT2D eigenvalue weighted by atomic mass is 16.5. The first-order valence-corrected chi connectivity index (χ1v) is 8.44. The lowest BCUT2D eigenvalue weighted by atomic mass is 10.2. The molecule has 4 nitrogen and oxygen atoms in total. The van der Waals surface area contributed by atoms with Gasteiger partial charge >= 0.3 is 0 Å². The number of anilines is 2. The van der Waals surface area contributed by atoms with Crippen molar-refractivity contribution in [1.82, 2.24) is 0 Å². The van der Waals surface area contributed by atoms with Crippen LogP contribution in [0.3, 0.4) is 0 Å². The van der Waals surface area contributed by atoms with E-state index in [0.29, 0.717) is 5.56 Å². The van der Waals surface area contributed by atoms with E-state index in [4.69, 9.17) is 4.74 Å². The molecule has 26 heavy (non-hydrogen) atoms. The monoisotopic (exact) mass is 346 g/mol. The summed E-state index contributed by atoms with van der Waals surface area (Å²) in [5, 5.41) is 2.90. The van der Waals surface area contributed by atoms with Gasteiger partial charge in [0.1, 0.15) is 11.5 Å². The first-order valence-electron chi connectivity index (χ1n) is 8.44. The van der Waals surface area contributed by atoms with Crippen molar-refractivity contribution in [1.29, 1.82) is 0 Å². The van der Waals surface area contributed by atoms with Crippen molar-refractivity contribution >= 4 is 17.3 Å². The van der Waals surface area contributed by atoms with Crippen molar-refractivity contribution in [2.24, 2.45) is 0 Å². The van der Waals surface area contributed by atoms with E-state index < -0.39 is 0 Å². The molecule has 0 bridgehead atoms. The highest BCUT2D eigenvalue weighted by molar-refractivity contribution is 6.04. The Morgan fingerprint density at radius 2 is 1.35 bits per heavy atom. The summed E-state index contributed by atoms with van der Waals surface area (Å²) >= 11 is 0. The van der Waals surface area contributed by atoms with Gasteiger partial charge in [-0.05, 0) is 67.6 Å². The molecule has 0 aliphatic rings. The van der Waals surface area contributed by atoms with Crippen molar-refractivity contribution in [3.05, 3.63) is 83.9 Å². The molecule has 0 unspecified atom stereocenters. The van der Waals surface area contributed by atoms with Gasteiger partial charge in [-0.2, -0.15) is 0 Å². The topological polar surface area (TPSA) is 41.6 Å². The minimum atomic E-state index is -0.137. The van der Waals surface area contributed by atoms with E-state index in [1.54, 1.807) is 0 Å². The number of aryl methyl sites for hydroxylation is 1. The Morgan fingerprint density at radius 3 is 1.88 bits per heavy atom. The van der Waals surface area contributed by atoms with E-state index in [-0.39, 0.29) is 5.91 Å². The molecule has 0 spiro atoms. The van der Waals surface area contributed by atoms with Gasteiger partial charge in [-0.3, -0.25) is 4.79 Å². The predicted octanol–water partition coefficient (Wildman–Crippen LogP) is 5.11. The lowest BCUT2D eigenvalue weighted by molar-refractivity contribution is 0.102. The number of hydrogen-bond donors (Lipinski definition) is 1. The average Bonchev–Trinajstić information content (AvgIpc) is 2.65. The fourth-order valence-electron chi connectivity index (χ4n) is 2.46. The number of benzene rings is 3. The van der Waals surface area contributed by atoms with Crippen LogP contribution in [0.1, 0.15) is 15.9 Å². The number of carbonyl (C=O) groups is 1. The van der Waals surface area contributed by atoms with Crippen molar-refractivity contribution in [3.63, 3.8) is 0 Å².